The number of benzene rings is 3. The predicted molar refractivity (Wildman–Crippen MR) is 168 cm³/mol. The molecule has 0 saturated carbocycles. The molecule has 0 bridgehead atoms. The van der Waals surface area contributed by atoms with Crippen molar-refractivity contribution in [3.05, 3.63) is 95.8 Å². The van der Waals surface area contributed by atoms with E-state index >= 15 is 0 Å². The molecule has 1 atom stereocenters. The van der Waals surface area contributed by atoms with E-state index in [0.29, 0.717) is 34.0 Å². The fraction of sp³-hybridized carbons (Fsp3) is 0.206. The van der Waals surface area contributed by atoms with Crippen LogP contribution in [0.3, 0.4) is 0 Å². The summed E-state index contributed by atoms with van der Waals surface area (Å²) in [5.74, 6) is -0.989. The number of amides is 3. The Labute approximate surface area is 269 Å². The van der Waals surface area contributed by atoms with Crippen molar-refractivity contribution < 1.29 is 42.9 Å². The maximum atomic E-state index is 14.4. The van der Waals surface area contributed by atoms with E-state index in [4.69, 9.17) is 23.7 Å². The topological polar surface area (TPSA) is 146 Å². The summed E-state index contributed by atoms with van der Waals surface area (Å²) in [4.78, 5) is 61.3. The first-order chi connectivity index (χ1) is 22.8. The van der Waals surface area contributed by atoms with Crippen molar-refractivity contribution in [1.82, 2.24) is 9.88 Å². The number of carbonyl (C=O) groups is 4. The zero-order valence-electron chi connectivity index (χ0n) is 25.7. The summed E-state index contributed by atoms with van der Waals surface area (Å²) in [5, 5.41) is 2.89. The molecule has 2 aliphatic heterocycles. The molecule has 1 unspecified atom stereocenters. The first-order valence-corrected chi connectivity index (χ1v) is 14.5. The van der Waals surface area contributed by atoms with Gasteiger partial charge in [0.1, 0.15) is 12.6 Å². The molecule has 13 heteroatoms. The van der Waals surface area contributed by atoms with Crippen molar-refractivity contribution in [1.29, 1.82) is 0 Å². The average Bonchev–Trinajstić information content (AvgIpc) is 3.66. The van der Waals surface area contributed by atoms with Crippen LogP contribution in [0.15, 0.2) is 79.1 Å². The van der Waals surface area contributed by atoms with Crippen LogP contribution in [0.4, 0.5) is 11.4 Å². The Kier molecular flexibility index (Phi) is 8.60. The monoisotopic (exact) mass is 638 g/mol. The lowest BCUT2D eigenvalue weighted by Gasteiger charge is -2.33. The smallest absolute Gasteiger partial charge is 0.299 e. The molecule has 0 aliphatic carbocycles. The molecule has 3 amide bonds. The number of rotatable bonds is 11. The van der Waals surface area contributed by atoms with Gasteiger partial charge in [-0.1, -0.05) is 18.2 Å². The molecule has 13 nitrogen and oxygen atoms in total. The van der Waals surface area contributed by atoms with E-state index in [2.05, 4.69) is 10.3 Å². The summed E-state index contributed by atoms with van der Waals surface area (Å²) < 4.78 is 27.5. The van der Waals surface area contributed by atoms with Crippen LogP contribution in [0.25, 0.3) is 0 Å². The zero-order valence-corrected chi connectivity index (χ0v) is 25.7. The van der Waals surface area contributed by atoms with Gasteiger partial charge in [0, 0.05) is 30.7 Å². The second-order valence-electron chi connectivity index (χ2n) is 10.5. The molecule has 0 fully saturated rings. The lowest BCUT2D eigenvalue weighted by Crippen LogP contribution is -2.46. The van der Waals surface area contributed by atoms with Crippen LogP contribution in [0.1, 0.15) is 27.5 Å². The van der Waals surface area contributed by atoms with E-state index in [1.807, 2.05) is 0 Å². The van der Waals surface area contributed by atoms with Crippen LogP contribution in [-0.4, -0.2) is 68.1 Å². The summed E-state index contributed by atoms with van der Waals surface area (Å²) in [6, 6.07) is 16.7. The first-order valence-electron chi connectivity index (χ1n) is 14.5. The highest BCUT2D eigenvalue weighted by Gasteiger charge is 2.40. The average molecular weight is 639 g/mol. The van der Waals surface area contributed by atoms with Gasteiger partial charge in [-0.25, -0.2) is 0 Å². The maximum Gasteiger partial charge on any atom is 0.299 e. The van der Waals surface area contributed by atoms with Crippen molar-refractivity contribution in [2.24, 2.45) is 0 Å². The normalized spacial score (nSPS) is 13.6. The number of ether oxygens (including phenoxy) is 5. The molecule has 0 spiro atoms. The largest absolute Gasteiger partial charge is 0.493 e. The third kappa shape index (κ3) is 5.98. The van der Waals surface area contributed by atoms with Gasteiger partial charge >= 0.3 is 0 Å². The number of methoxy groups -OCH3 is 3. The van der Waals surface area contributed by atoms with Crippen molar-refractivity contribution in [3.8, 4) is 28.7 Å². The number of hydrogen-bond acceptors (Lipinski definition) is 10. The van der Waals surface area contributed by atoms with Gasteiger partial charge in [0.15, 0.2) is 23.0 Å². The van der Waals surface area contributed by atoms with Crippen LogP contribution >= 0.6 is 0 Å². The molecule has 47 heavy (non-hydrogen) atoms. The molecule has 1 aromatic heterocycles. The minimum absolute atomic E-state index is 0.0506. The van der Waals surface area contributed by atoms with Gasteiger partial charge in [-0.3, -0.25) is 29.1 Å². The second kappa shape index (κ2) is 13.1. The molecular weight excluding hydrogens is 608 g/mol. The molecule has 3 aromatic carbocycles. The summed E-state index contributed by atoms with van der Waals surface area (Å²) in [6.45, 7) is -0.546. The molecule has 2 aliphatic rings. The third-order valence-corrected chi connectivity index (χ3v) is 7.77. The minimum atomic E-state index is -1.31. The standard InChI is InChI=1S/C34H30N4O9/c1-43-27-13-21(14-28(44-2)32(27)45-3)30(33(41)36-22-10-11-25-26(15-22)47-19-46-25)38(17-20-7-6-12-35-16-20)29(39)18-37-24-9-5-4-8-23(24)31(40)34(37)42/h4-16,30H,17-19H2,1-3H3,(H,36,41). The van der Waals surface area contributed by atoms with Gasteiger partial charge in [0.2, 0.25) is 18.4 Å². The van der Waals surface area contributed by atoms with Gasteiger partial charge < -0.3 is 33.9 Å². The van der Waals surface area contributed by atoms with Gasteiger partial charge in [-0.15, -0.1) is 0 Å². The van der Waals surface area contributed by atoms with Crippen LogP contribution in [0.2, 0.25) is 0 Å². The highest BCUT2D eigenvalue weighted by molar-refractivity contribution is 6.52. The molecule has 0 saturated heterocycles. The summed E-state index contributed by atoms with van der Waals surface area (Å²) in [5.41, 5.74) is 1.83. The van der Waals surface area contributed by atoms with Gasteiger partial charge in [-0.05, 0) is 53.6 Å². The van der Waals surface area contributed by atoms with Crippen molar-refractivity contribution in [3.63, 3.8) is 0 Å². The zero-order chi connectivity index (χ0) is 33.1. The fourth-order valence-electron chi connectivity index (χ4n) is 5.56. The number of anilines is 2. The molecule has 3 heterocycles. The van der Waals surface area contributed by atoms with Gasteiger partial charge in [0.05, 0.1) is 32.6 Å². The molecular formula is C34H30N4O9. The number of nitrogens with zero attached hydrogens (tertiary/aromatic N) is 3. The van der Waals surface area contributed by atoms with Crippen LogP contribution < -0.4 is 33.9 Å². The Hall–Kier alpha value is -6.11. The van der Waals surface area contributed by atoms with Crippen molar-refractivity contribution in [2.75, 3.05) is 44.9 Å². The third-order valence-electron chi connectivity index (χ3n) is 7.77. The number of Topliss-reactive ketones (excluding diaryl/α,β-unsaturated/α-hetero) is 1. The Morgan fingerprint density at radius 2 is 1.68 bits per heavy atom. The Balaban J connectivity index is 1.45. The quantitative estimate of drug-likeness (QED) is 0.241. The van der Waals surface area contributed by atoms with Crippen molar-refractivity contribution in [2.45, 2.75) is 12.6 Å². The number of fused-ring (bicyclic) bond motifs is 2. The second-order valence-corrected chi connectivity index (χ2v) is 10.5. The molecule has 6 rings (SSSR count). The number of aromatic nitrogens is 1. The van der Waals surface area contributed by atoms with E-state index in [1.54, 1.807) is 73.1 Å². The van der Waals surface area contributed by atoms with E-state index in [-0.39, 0.29) is 36.1 Å². The van der Waals surface area contributed by atoms with E-state index in [9.17, 15) is 19.2 Å². The van der Waals surface area contributed by atoms with Crippen molar-refractivity contribution >= 4 is 34.9 Å². The number of carbonyl (C=O) groups excluding carboxylic acids is 4. The molecule has 240 valence electrons. The van der Waals surface area contributed by atoms with Crippen LogP contribution in [0.5, 0.6) is 28.7 Å². The Morgan fingerprint density at radius 3 is 2.38 bits per heavy atom. The number of pyridine rings is 1. The van der Waals surface area contributed by atoms with E-state index < -0.39 is 36.1 Å². The lowest BCUT2D eigenvalue weighted by molar-refractivity contribution is -0.139. The number of ketones is 1. The lowest BCUT2D eigenvalue weighted by atomic mass is 10.0. The van der Waals surface area contributed by atoms with E-state index in [1.165, 1.54) is 32.3 Å². The fourth-order valence-corrected chi connectivity index (χ4v) is 5.56. The van der Waals surface area contributed by atoms with Crippen LogP contribution in [0, 0.1) is 0 Å². The number of nitrogens with one attached hydrogen (secondary N) is 1. The van der Waals surface area contributed by atoms with Gasteiger partial charge in [-0.2, -0.15) is 0 Å². The molecule has 4 aromatic rings. The number of hydrogen-bond donors (Lipinski definition) is 1. The highest BCUT2D eigenvalue weighted by atomic mass is 16.7. The minimum Gasteiger partial charge on any atom is -0.493 e. The van der Waals surface area contributed by atoms with E-state index in [0.717, 1.165) is 4.90 Å². The highest BCUT2D eigenvalue weighted by Crippen LogP contribution is 2.42. The Bertz CT molecular complexity index is 1840. The predicted octanol–water partition coefficient (Wildman–Crippen LogP) is 3.77. The summed E-state index contributed by atoms with van der Waals surface area (Å²) >= 11 is 0. The summed E-state index contributed by atoms with van der Waals surface area (Å²) in [7, 11) is 4.33. The molecule has 0 radical (unpaired) electrons. The Morgan fingerprint density at radius 1 is 0.936 bits per heavy atom. The SMILES string of the molecule is COc1cc(C(C(=O)Nc2ccc3c(c2)OCO3)N(Cc2cccnc2)C(=O)CN2C(=O)C(=O)c3ccccc32)cc(OC)c1OC. The summed E-state index contributed by atoms with van der Waals surface area (Å²) in [6.07, 6.45) is 3.16. The van der Waals surface area contributed by atoms with Crippen LogP contribution in [-0.2, 0) is 20.9 Å². The molecule has 1 N–H and O–H groups in total. The van der Waals surface area contributed by atoms with Gasteiger partial charge in [0.25, 0.3) is 17.6 Å². The maximum absolute atomic E-state index is 14.4. The first kappa shape index (κ1) is 30.9. The number of para-hydroxylation sites is 1.